The maximum Gasteiger partial charge on any atom is 0.297 e. The molecule has 0 fully saturated rings. The number of rotatable bonds is 4. The Balaban J connectivity index is 3.47. The van der Waals surface area contributed by atoms with Crippen LogP contribution in [0.25, 0.3) is 0 Å². The summed E-state index contributed by atoms with van der Waals surface area (Å²) in [4.78, 5) is 0.288. The van der Waals surface area contributed by atoms with Gasteiger partial charge in [0, 0.05) is 0 Å². The molecule has 0 spiro atoms. The third-order valence-corrected chi connectivity index (χ3v) is 4.74. The van der Waals surface area contributed by atoms with Crippen LogP contribution < -0.4 is 0 Å². The summed E-state index contributed by atoms with van der Waals surface area (Å²) in [5, 5.41) is 0. The van der Waals surface area contributed by atoms with Crippen LogP contribution in [-0.4, -0.2) is 15.0 Å². The van der Waals surface area contributed by atoms with Gasteiger partial charge in [0.05, 0.1) is 11.5 Å². The van der Waals surface area contributed by atoms with Gasteiger partial charge in [-0.05, 0) is 34.4 Å². The average molecular weight is 312 g/mol. The Hall–Kier alpha value is -0.870. The Bertz CT molecular complexity index is 587. The first-order chi connectivity index (χ1) is 9.39. The minimum absolute atomic E-state index is 0.0213. The maximum atomic E-state index is 12.4. The molecule has 3 nitrogen and oxygen atoms in total. The minimum Gasteiger partial charge on any atom is -0.266 e. The molecule has 0 aliphatic rings. The van der Waals surface area contributed by atoms with E-state index in [0.717, 1.165) is 11.1 Å². The van der Waals surface area contributed by atoms with Crippen LogP contribution in [0.1, 0.15) is 66.0 Å². The molecule has 0 radical (unpaired) electrons. The molecule has 0 atom stereocenters. The molecule has 0 saturated carbocycles. The van der Waals surface area contributed by atoms with Gasteiger partial charge in [0.15, 0.2) is 0 Å². The van der Waals surface area contributed by atoms with Crippen LogP contribution in [0.5, 0.6) is 0 Å². The second-order valence-corrected chi connectivity index (χ2v) is 9.07. The van der Waals surface area contributed by atoms with Crippen molar-refractivity contribution >= 4 is 10.1 Å². The molecule has 0 heterocycles. The molecular weight excluding hydrogens is 284 g/mol. The first kappa shape index (κ1) is 18.2. The van der Waals surface area contributed by atoms with Crippen molar-refractivity contribution in [1.29, 1.82) is 0 Å². The van der Waals surface area contributed by atoms with E-state index in [4.69, 9.17) is 4.18 Å². The van der Waals surface area contributed by atoms with E-state index < -0.39 is 10.1 Å². The van der Waals surface area contributed by atoms with Crippen molar-refractivity contribution < 1.29 is 12.6 Å². The fraction of sp³-hybridized carbons (Fsp3) is 0.647. The molecule has 0 unspecified atom stereocenters. The summed E-state index contributed by atoms with van der Waals surface area (Å²) in [6, 6.07) is 5.58. The Morgan fingerprint density at radius 2 is 1.57 bits per heavy atom. The van der Waals surface area contributed by atoms with Gasteiger partial charge in [0.2, 0.25) is 0 Å². The fourth-order valence-electron chi connectivity index (χ4n) is 2.06. The largest absolute Gasteiger partial charge is 0.297 e. The quantitative estimate of drug-likeness (QED) is 0.774. The van der Waals surface area contributed by atoms with E-state index in [1.807, 2.05) is 39.8 Å². The molecule has 1 aromatic carbocycles. The van der Waals surface area contributed by atoms with E-state index in [1.54, 1.807) is 6.07 Å². The first-order valence-electron chi connectivity index (χ1n) is 7.44. The van der Waals surface area contributed by atoms with Crippen LogP contribution in [0.4, 0.5) is 0 Å². The van der Waals surface area contributed by atoms with E-state index in [-0.39, 0.29) is 22.3 Å². The predicted octanol–water partition coefficient (Wildman–Crippen LogP) is 4.40. The molecule has 120 valence electrons. The van der Waals surface area contributed by atoms with Gasteiger partial charge in [-0.25, -0.2) is 0 Å². The standard InChI is InChI=1S/C17H28O3S/c1-8-11-20-21(18,19)15-10-9-13(16(2,3)4)12-14(15)17(5,6)7/h9-10,12H,8,11H2,1-7H3. The second-order valence-electron chi connectivity index (χ2n) is 7.49. The van der Waals surface area contributed by atoms with Crippen molar-refractivity contribution in [3.05, 3.63) is 29.3 Å². The van der Waals surface area contributed by atoms with Crippen molar-refractivity contribution in [2.45, 2.75) is 70.6 Å². The highest BCUT2D eigenvalue weighted by atomic mass is 32.2. The summed E-state index contributed by atoms with van der Waals surface area (Å²) in [7, 11) is -3.70. The van der Waals surface area contributed by atoms with Crippen molar-refractivity contribution in [1.82, 2.24) is 0 Å². The van der Waals surface area contributed by atoms with Crippen LogP contribution in [0.2, 0.25) is 0 Å². The summed E-state index contributed by atoms with van der Waals surface area (Å²) in [5.74, 6) is 0. The predicted molar refractivity (Wildman–Crippen MR) is 87.3 cm³/mol. The van der Waals surface area contributed by atoms with Gasteiger partial charge in [-0.15, -0.1) is 0 Å². The van der Waals surface area contributed by atoms with E-state index >= 15 is 0 Å². The average Bonchev–Trinajstić information content (AvgIpc) is 2.33. The fourth-order valence-corrected chi connectivity index (χ4v) is 3.44. The molecule has 0 amide bonds. The highest BCUT2D eigenvalue weighted by Gasteiger charge is 2.28. The van der Waals surface area contributed by atoms with Gasteiger partial charge in [-0.2, -0.15) is 8.42 Å². The molecule has 0 aliphatic carbocycles. The van der Waals surface area contributed by atoms with Gasteiger partial charge in [0.1, 0.15) is 0 Å². The Morgan fingerprint density at radius 1 is 1.00 bits per heavy atom. The number of hydrogen-bond donors (Lipinski definition) is 0. The van der Waals surface area contributed by atoms with E-state index in [0.29, 0.717) is 6.42 Å². The van der Waals surface area contributed by atoms with Gasteiger partial charge in [0.25, 0.3) is 10.1 Å². The van der Waals surface area contributed by atoms with Gasteiger partial charge in [-0.1, -0.05) is 60.6 Å². The molecular formula is C17H28O3S. The molecule has 0 saturated heterocycles. The maximum absolute atomic E-state index is 12.4. The summed E-state index contributed by atoms with van der Waals surface area (Å²) >= 11 is 0. The number of benzene rings is 1. The van der Waals surface area contributed by atoms with E-state index in [1.165, 1.54) is 0 Å². The van der Waals surface area contributed by atoms with Crippen molar-refractivity contribution in [3.8, 4) is 0 Å². The Labute approximate surface area is 129 Å². The lowest BCUT2D eigenvalue weighted by molar-refractivity contribution is 0.316. The first-order valence-corrected chi connectivity index (χ1v) is 8.85. The number of hydrogen-bond acceptors (Lipinski definition) is 3. The van der Waals surface area contributed by atoms with Crippen molar-refractivity contribution in [2.75, 3.05) is 6.61 Å². The third kappa shape index (κ3) is 4.55. The smallest absolute Gasteiger partial charge is 0.266 e. The monoisotopic (exact) mass is 312 g/mol. The molecule has 21 heavy (non-hydrogen) atoms. The zero-order valence-corrected chi connectivity index (χ0v) is 15.1. The summed E-state index contributed by atoms with van der Waals surface area (Å²) in [5.41, 5.74) is 1.65. The van der Waals surface area contributed by atoms with E-state index in [9.17, 15) is 8.42 Å². The lowest BCUT2D eigenvalue weighted by Gasteiger charge is -2.27. The highest BCUT2D eigenvalue weighted by molar-refractivity contribution is 7.86. The molecule has 1 aromatic rings. The molecule has 0 aliphatic heterocycles. The second kappa shape index (κ2) is 6.09. The van der Waals surface area contributed by atoms with E-state index in [2.05, 4.69) is 20.8 Å². The normalized spacial score (nSPS) is 13.5. The van der Waals surface area contributed by atoms with Crippen LogP contribution >= 0.6 is 0 Å². The summed E-state index contributed by atoms with van der Waals surface area (Å²) < 4.78 is 29.9. The lowest BCUT2D eigenvalue weighted by Crippen LogP contribution is -2.21. The highest BCUT2D eigenvalue weighted by Crippen LogP contribution is 2.34. The van der Waals surface area contributed by atoms with Crippen molar-refractivity contribution in [2.24, 2.45) is 0 Å². The minimum atomic E-state index is -3.70. The lowest BCUT2D eigenvalue weighted by atomic mass is 9.81. The van der Waals surface area contributed by atoms with Crippen molar-refractivity contribution in [3.63, 3.8) is 0 Å². The molecule has 0 N–H and O–H groups in total. The molecule has 0 bridgehead atoms. The topological polar surface area (TPSA) is 43.4 Å². The molecule has 0 aromatic heterocycles. The summed E-state index contributed by atoms with van der Waals surface area (Å²) in [6.45, 7) is 14.5. The third-order valence-electron chi connectivity index (χ3n) is 3.37. The zero-order valence-electron chi connectivity index (χ0n) is 14.3. The Morgan fingerprint density at radius 3 is 2.00 bits per heavy atom. The van der Waals surface area contributed by atoms with Gasteiger partial charge >= 0.3 is 0 Å². The van der Waals surface area contributed by atoms with Crippen LogP contribution in [0, 0.1) is 0 Å². The molecule has 1 rings (SSSR count). The molecule has 4 heteroatoms. The van der Waals surface area contributed by atoms with Crippen LogP contribution in [0.15, 0.2) is 23.1 Å². The van der Waals surface area contributed by atoms with Gasteiger partial charge in [-0.3, -0.25) is 4.18 Å². The van der Waals surface area contributed by atoms with Gasteiger partial charge < -0.3 is 0 Å². The SMILES string of the molecule is CCCOS(=O)(=O)c1ccc(C(C)(C)C)cc1C(C)(C)C. The van der Waals surface area contributed by atoms with Crippen LogP contribution in [-0.2, 0) is 25.1 Å². The van der Waals surface area contributed by atoms with Crippen LogP contribution in [0.3, 0.4) is 0 Å². The zero-order chi connectivity index (χ0) is 16.5. The Kier molecular flexibility index (Phi) is 5.27. The summed E-state index contributed by atoms with van der Waals surface area (Å²) in [6.07, 6.45) is 0.671.